The number of aliphatic imine (C=N–C) groups is 1. The molecule has 0 spiro atoms. The highest BCUT2D eigenvalue weighted by molar-refractivity contribution is 6.62. The molecule has 3 aromatic rings. The van der Waals surface area contributed by atoms with Crippen molar-refractivity contribution in [3.05, 3.63) is 101 Å². The van der Waals surface area contributed by atoms with Crippen LogP contribution in [-0.2, 0) is 34.8 Å². The van der Waals surface area contributed by atoms with Gasteiger partial charge in [0.25, 0.3) is 0 Å². The van der Waals surface area contributed by atoms with Gasteiger partial charge in [0.2, 0.25) is 0 Å². The summed E-state index contributed by atoms with van der Waals surface area (Å²) in [7, 11) is 0.602. The first-order chi connectivity index (χ1) is 20.4. The maximum Gasteiger partial charge on any atom is 0.497 e. The van der Waals surface area contributed by atoms with Crippen LogP contribution in [0.5, 0.6) is 0 Å². The van der Waals surface area contributed by atoms with E-state index in [9.17, 15) is 14.0 Å². The molecule has 1 atom stereocenters. The van der Waals surface area contributed by atoms with E-state index in [0.29, 0.717) is 11.0 Å². The fourth-order valence-corrected chi connectivity index (χ4v) is 4.19. The molecule has 0 amide bonds. The van der Waals surface area contributed by atoms with Crippen LogP contribution >= 0.6 is 0 Å². The van der Waals surface area contributed by atoms with Crippen LogP contribution in [0.4, 0.5) is 4.39 Å². The van der Waals surface area contributed by atoms with Gasteiger partial charge in [-0.15, -0.1) is 0 Å². The molecule has 1 aliphatic rings. The minimum atomic E-state index is -0.813. The molecule has 0 aromatic heterocycles. The minimum absolute atomic E-state index is 0.0234. The van der Waals surface area contributed by atoms with Gasteiger partial charge in [-0.05, 0) is 52.7 Å². The highest BCUT2D eigenvalue weighted by Crippen LogP contribution is 2.36. The van der Waals surface area contributed by atoms with Crippen molar-refractivity contribution in [1.29, 1.82) is 0 Å². The van der Waals surface area contributed by atoms with E-state index in [2.05, 4.69) is 9.73 Å². The average Bonchev–Trinajstić information content (AvgIpc) is 3.20. The minimum Gasteiger partial charge on any atom is -0.468 e. The van der Waals surface area contributed by atoms with Crippen LogP contribution in [-0.4, -0.2) is 62.3 Å². The molecule has 3 aromatic carbocycles. The summed E-state index contributed by atoms with van der Waals surface area (Å²) in [5.41, 5.74) is 8.42. The molecule has 1 fully saturated rings. The monoisotopic (exact) mass is 590 g/mol. The smallest absolute Gasteiger partial charge is 0.468 e. The molecule has 10 heteroatoms. The van der Waals surface area contributed by atoms with E-state index >= 15 is 0 Å². The summed E-state index contributed by atoms with van der Waals surface area (Å²) >= 11 is 0. The van der Waals surface area contributed by atoms with Gasteiger partial charge in [-0.25, -0.2) is 4.39 Å². The molecule has 8 nitrogen and oxygen atoms in total. The number of ether oxygens (including phenoxy) is 2. The number of benzene rings is 3. The second kappa shape index (κ2) is 15.0. The molecule has 2 N–H and O–H groups in total. The zero-order valence-electron chi connectivity index (χ0n) is 25.6. The molecule has 1 saturated heterocycles. The van der Waals surface area contributed by atoms with Crippen molar-refractivity contribution in [2.24, 2.45) is 10.7 Å². The van der Waals surface area contributed by atoms with Gasteiger partial charge in [-0.3, -0.25) is 14.6 Å². The molecule has 43 heavy (non-hydrogen) atoms. The van der Waals surface area contributed by atoms with Crippen molar-refractivity contribution in [3.63, 3.8) is 0 Å². The molecule has 1 aliphatic heterocycles. The maximum atomic E-state index is 14.5. The Morgan fingerprint density at radius 2 is 1.47 bits per heavy atom. The number of methoxy groups -OCH3 is 1. The van der Waals surface area contributed by atoms with Crippen LogP contribution in [0.15, 0.2) is 83.9 Å². The quantitative estimate of drug-likeness (QED) is 0.226. The molecule has 4 rings (SSSR count). The van der Waals surface area contributed by atoms with Crippen LogP contribution in [0, 0.1) is 5.82 Å². The normalized spacial score (nSPS) is 15.5. The largest absolute Gasteiger partial charge is 0.497 e. The van der Waals surface area contributed by atoms with Crippen LogP contribution in [0.1, 0.15) is 51.3 Å². The van der Waals surface area contributed by atoms with Crippen molar-refractivity contribution in [2.45, 2.75) is 58.3 Å². The summed E-state index contributed by atoms with van der Waals surface area (Å²) in [6.07, 6.45) is 0.208. The molecule has 0 aliphatic carbocycles. The lowest BCUT2D eigenvalue weighted by Gasteiger charge is -2.32. The molecule has 1 heterocycles. The van der Waals surface area contributed by atoms with Crippen LogP contribution in [0.3, 0.4) is 0 Å². The predicted molar refractivity (Wildman–Crippen MR) is 166 cm³/mol. The fraction of sp³-hybridized carbons (Fsp3) is 0.364. The Morgan fingerprint density at radius 1 is 0.930 bits per heavy atom. The lowest BCUT2D eigenvalue weighted by molar-refractivity contribution is -0.144. The molecular weight excluding hydrogens is 550 g/mol. The van der Waals surface area contributed by atoms with E-state index in [1.165, 1.54) is 13.2 Å². The van der Waals surface area contributed by atoms with Gasteiger partial charge in [0.15, 0.2) is 0 Å². The molecule has 228 valence electrons. The lowest BCUT2D eigenvalue weighted by Crippen LogP contribution is -2.41. The number of carbonyl (C=O) groups excluding carboxylic acids is 2. The summed E-state index contributed by atoms with van der Waals surface area (Å²) in [6, 6.07) is 23.5. The second-order valence-electron chi connectivity index (χ2n) is 11.0. The standard InChI is InChI=1S/C17H25BFNO4.C16H15NO2/c1-6-22-15(21)14(20)10-11-7-8-12(13(19)9-11)18-23-16(2,3)17(4,5)24-18;1-19-15(18)12-17-16(13-8-4-2-5-9-13)14-10-6-3-7-11-14/h7-9,14H,6,10,20H2,1-5H3;2-11H,12H2,1H3. The average molecular weight is 591 g/mol. The van der Waals surface area contributed by atoms with Gasteiger partial charge in [0.05, 0.1) is 30.6 Å². The molecule has 1 unspecified atom stereocenters. The summed E-state index contributed by atoms with van der Waals surface area (Å²) in [6.45, 7) is 9.66. The SMILES string of the molecule is CCOC(=O)C(N)Cc1ccc(B2OC(C)(C)C(C)(C)O2)c(F)c1.COC(=O)CN=C(c1ccccc1)c1ccccc1. The first-order valence-corrected chi connectivity index (χ1v) is 14.2. The maximum absolute atomic E-state index is 14.5. The number of nitrogens with two attached hydrogens (primary N) is 1. The van der Waals surface area contributed by atoms with Gasteiger partial charge in [-0.1, -0.05) is 72.8 Å². The van der Waals surface area contributed by atoms with E-state index in [1.54, 1.807) is 19.1 Å². The van der Waals surface area contributed by atoms with Crippen LogP contribution < -0.4 is 11.2 Å². The van der Waals surface area contributed by atoms with Crippen molar-refractivity contribution in [1.82, 2.24) is 0 Å². The molecular formula is C33H40BFN2O6. The first kappa shape index (κ1) is 33.6. The third-order valence-electron chi connectivity index (χ3n) is 7.31. The summed E-state index contributed by atoms with van der Waals surface area (Å²) in [5.74, 6) is -1.28. The summed E-state index contributed by atoms with van der Waals surface area (Å²) in [5, 5.41) is 0. The van der Waals surface area contributed by atoms with Crippen molar-refractivity contribution in [3.8, 4) is 0 Å². The van der Waals surface area contributed by atoms with Crippen molar-refractivity contribution >= 4 is 30.2 Å². The zero-order chi connectivity index (χ0) is 31.6. The van der Waals surface area contributed by atoms with Crippen LogP contribution in [0.25, 0.3) is 0 Å². The number of hydrogen-bond donors (Lipinski definition) is 1. The van der Waals surface area contributed by atoms with Gasteiger partial charge in [-0.2, -0.15) is 0 Å². The number of halogens is 1. The van der Waals surface area contributed by atoms with E-state index in [4.69, 9.17) is 19.8 Å². The number of esters is 2. The second-order valence-corrected chi connectivity index (χ2v) is 11.0. The third kappa shape index (κ3) is 9.07. The zero-order valence-corrected chi connectivity index (χ0v) is 25.6. The van der Waals surface area contributed by atoms with Crippen LogP contribution in [0.2, 0.25) is 0 Å². The Kier molecular flexibility index (Phi) is 11.8. The van der Waals surface area contributed by atoms with E-state index in [-0.39, 0.29) is 25.5 Å². The predicted octanol–water partition coefficient (Wildman–Crippen LogP) is 4.25. The molecule has 0 bridgehead atoms. The molecule has 0 saturated carbocycles. The fourth-order valence-electron chi connectivity index (χ4n) is 4.19. The van der Waals surface area contributed by atoms with Crippen molar-refractivity contribution < 1.29 is 32.8 Å². The summed E-state index contributed by atoms with van der Waals surface area (Å²) < 4.78 is 35.7. The Labute approximate surface area is 253 Å². The summed E-state index contributed by atoms with van der Waals surface area (Å²) in [4.78, 5) is 27.2. The van der Waals surface area contributed by atoms with Gasteiger partial charge >= 0.3 is 19.1 Å². The van der Waals surface area contributed by atoms with Gasteiger partial charge < -0.3 is 24.5 Å². The Hall–Kier alpha value is -3.86. The van der Waals surface area contributed by atoms with E-state index in [0.717, 1.165) is 16.8 Å². The first-order valence-electron chi connectivity index (χ1n) is 14.2. The van der Waals surface area contributed by atoms with E-state index < -0.39 is 36.1 Å². The number of hydrogen-bond acceptors (Lipinski definition) is 8. The lowest BCUT2D eigenvalue weighted by atomic mass is 9.78. The van der Waals surface area contributed by atoms with Crippen molar-refractivity contribution in [2.75, 3.05) is 20.3 Å². The van der Waals surface area contributed by atoms with E-state index in [1.807, 2.05) is 88.4 Å². The highest BCUT2D eigenvalue weighted by atomic mass is 19.1. The third-order valence-corrected chi connectivity index (χ3v) is 7.31. The number of nitrogens with zero attached hydrogens (tertiary/aromatic N) is 1. The number of rotatable bonds is 9. The Morgan fingerprint density at radius 3 is 1.93 bits per heavy atom. The van der Waals surface area contributed by atoms with Gasteiger partial charge in [0.1, 0.15) is 18.4 Å². The number of carbonyl (C=O) groups is 2. The molecule has 0 radical (unpaired) electrons. The topological polar surface area (TPSA) is 109 Å². The Balaban J connectivity index is 0.000000242. The highest BCUT2D eigenvalue weighted by Gasteiger charge is 2.52. The Bertz CT molecular complexity index is 1340. The van der Waals surface area contributed by atoms with Gasteiger partial charge in [0, 0.05) is 16.6 Å².